The third kappa shape index (κ3) is 4.87. The van der Waals surface area contributed by atoms with Crippen LogP contribution in [0.3, 0.4) is 0 Å². The van der Waals surface area contributed by atoms with Crippen LogP contribution in [0, 0.1) is 0 Å². The first-order chi connectivity index (χ1) is 11.8. The lowest BCUT2D eigenvalue weighted by Gasteiger charge is -2.15. The van der Waals surface area contributed by atoms with Crippen molar-refractivity contribution in [2.75, 3.05) is 26.5 Å². The van der Waals surface area contributed by atoms with Crippen LogP contribution in [0.2, 0.25) is 10.0 Å². The molecule has 0 aromatic heterocycles. The van der Waals surface area contributed by atoms with Gasteiger partial charge in [-0.05, 0) is 35.9 Å². The summed E-state index contributed by atoms with van der Waals surface area (Å²) in [5.74, 6) is 0.364. The molecule has 2 amide bonds. The molecule has 132 valence electrons. The van der Waals surface area contributed by atoms with E-state index >= 15 is 0 Å². The highest BCUT2D eigenvalue weighted by molar-refractivity contribution is 6.42. The Morgan fingerprint density at radius 3 is 2.40 bits per heavy atom. The van der Waals surface area contributed by atoms with Crippen LogP contribution in [-0.2, 0) is 6.42 Å². The van der Waals surface area contributed by atoms with Crippen molar-refractivity contribution in [1.29, 1.82) is 0 Å². The molecule has 0 aliphatic heterocycles. The number of urea groups is 1. The summed E-state index contributed by atoms with van der Waals surface area (Å²) in [6.07, 6.45) is 0.171. The van der Waals surface area contributed by atoms with E-state index in [1.165, 1.54) is 12.0 Å². The normalized spacial score (nSPS) is 10.3. The summed E-state index contributed by atoms with van der Waals surface area (Å²) in [5, 5.41) is 3.55. The van der Waals surface area contributed by atoms with Crippen LogP contribution >= 0.6 is 23.2 Å². The van der Waals surface area contributed by atoms with Crippen LogP contribution in [0.4, 0.5) is 10.5 Å². The van der Waals surface area contributed by atoms with Crippen molar-refractivity contribution < 1.29 is 14.3 Å². The Kier molecular flexibility index (Phi) is 6.28. The second kappa shape index (κ2) is 8.23. The molecule has 0 saturated carbocycles. The Morgan fingerprint density at radius 1 is 1.08 bits per heavy atom. The Labute approximate surface area is 156 Å². The average Bonchev–Trinajstić information content (AvgIpc) is 2.58. The average molecular weight is 381 g/mol. The number of amides is 2. The highest BCUT2D eigenvalue weighted by atomic mass is 35.5. The summed E-state index contributed by atoms with van der Waals surface area (Å²) < 4.78 is 5.23. The van der Waals surface area contributed by atoms with E-state index in [0.717, 1.165) is 5.56 Å². The largest absolute Gasteiger partial charge is 0.495 e. The van der Waals surface area contributed by atoms with Crippen LogP contribution in [-0.4, -0.2) is 37.9 Å². The van der Waals surface area contributed by atoms with Gasteiger partial charge >= 0.3 is 6.03 Å². The van der Waals surface area contributed by atoms with Gasteiger partial charge in [0.2, 0.25) is 0 Å². The van der Waals surface area contributed by atoms with E-state index < -0.39 is 0 Å². The van der Waals surface area contributed by atoms with E-state index in [1.54, 1.807) is 50.5 Å². The molecule has 0 saturated heterocycles. The lowest BCUT2D eigenvalue weighted by atomic mass is 10.0. The zero-order valence-electron chi connectivity index (χ0n) is 14.1. The highest BCUT2D eigenvalue weighted by Crippen LogP contribution is 2.27. The summed E-state index contributed by atoms with van der Waals surface area (Å²) in [4.78, 5) is 25.8. The molecule has 2 aromatic carbocycles. The second-order valence-electron chi connectivity index (χ2n) is 5.59. The standard InChI is InChI=1S/C18H18Cl2N2O3/c1-22(2)18(24)21-15-10-12(5-7-17(15)25-3)16(23)9-11-4-6-13(19)14(20)8-11/h4-8,10H,9H2,1-3H3,(H,21,24). The number of Topliss-reactive ketones (excluding diaryl/α,β-unsaturated/α-hetero) is 1. The van der Waals surface area contributed by atoms with Crippen LogP contribution in [0.25, 0.3) is 0 Å². The van der Waals surface area contributed by atoms with Gasteiger partial charge in [0, 0.05) is 26.1 Å². The number of hydrogen-bond donors (Lipinski definition) is 1. The molecule has 7 heteroatoms. The Hall–Kier alpha value is -2.24. The molecule has 0 radical (unpaired) electrons. The minimum absolute atomic E-state index is 0.110. The van der Waals surface area contributed by atoms with Gasteiger partial charge in [0.25, 0.3) is 0 Å². The Morgan fingerprint density at radius 2 is 1.80 bits per heavy atom. The maximum atomic E-state index is 12.5. The molecule has 0 aliphatic rings. The molecular formula is C18H18Cl2N2O3. The van der Waals surface area contributed by atoms with Crippen molar-refractivity contribution in [3.8, 4) is 5.75 Å². The molecule has 0 bridgehead atoms. The molecule has 5 nitrogen and oxygen atoms in total. The third-order valence-electron chi connectivity index (χ3n) is 3.52. The molecule has 0 atom stereocenters. The quantitative estimate of drug-likeness (QED) is 0.775. The smallest absolute Gasteiger partial charge is 0.321 e. The van der Waals surface area contributed by atoms with E-state index in [0.29, 0.717) is 27.0 Å². The van der Waals surface area contributed by atoms with Crippen molar-refractivity contribution in [2.45, 2.75) is 6.42 Å². The van der Waals surface area contributed by atoms with Gasteiger partial charge in [-0.1, -0.05) is 29.3 Å². The molecule has 2 aromatic rings. The number of rotatable bonds is 5. The predicted octanol–water partition coefficient (Wildman–Crippen LogP) is 4.52. The number of ether oxygens (including phenoxy) is 1. The molecule has 0 aliphatic carbocycles. The minimum Gasteiger partial charge on any atom is -0.495 e. The Balaban J connectivity index is 2.24. The van der Waals surface area contributed by atoms with E-state index in [4.69, 9.17) is 27.9 Å². The number of methoxy groups -OCH3 is 1. The molecule has 2 rings (SSSR count). The predicted molar refractivity (Wildman–Crippen MR) is 100 cm³/mol. The van der Waals surface area contributed by atoms with E-state index in [1.807, 2.05) is 0 Å². The molecular weight excluding hydrogens is 363 g/mol. The molecule has 0 fully saturated rings. The van der Waals surface area contributed by atoms with Crippen molar-refractivity contribution in [3.05, 3.63) is 57.6 Å². The van der Waals surface area contributed by atoms with Gasteiger partial charge < -0.3 is 15.0 Å². The van der Waals surface area contributed by atoms with E-state index in [2.05, 4.69) is 5.32 Å². The first-order valence-corrected chi connectivity index (χ1v) is 8.21. The summed E-state index contributed by atoms with van der Waals surface area (Å²) in [6, 6.07) is 9.66. The number of ketones is 1. The van der Waals surface area contributed by atoms with E-state index in [9.17, 15) is 9.59 Å². The number of carbonyl (C=O) groups is 2. The fraction of sp³-hybridized carbons (Fsp3) is 0.222. The number of nitrogens with one attached hydrogen (secondary N) is 1. The van der Waals surface area contributed by atoms with Crippen molar-refractivity contribution in [2.24, 2.45) is 0 Å². The summed E-state index contributed by atoms with van der Waals surface area (Å²) in [5.41, 5.74) is 1.65. The number of carbonyl (C=O) groups excluding carboxylic acids is 2. The lowest BCUT2D eigenvalue weighted by molar-refractivity contribution is 0.0993. The van der Waals surface area contributed by atoms with Crippen LogP contribution in [0.5, 0.6) is 5.75 Å². The number of nitrogens with zero attached hydrogens (tertiary/aromatic N) is 1. The number of halogens is 2. The van der Waals surface area contributed by atoms with Gasteiger partial charge in [0.05, 0.1) is 22.8 Å². The molecule has 0 unspecified atom stereocenters. The zero-order valence-corrected chi connectivity index (χ0v) is 15.6. The van der Waals surface area contributed by atoms with Gasteiger partial charge in [-0.2, -0.15) is 0 Å². The van der Waals surface area contributed by atoms with Gasteiger partial charge in [-0.3, -0.25) is 4.79 Å². The fourth-order valence-electron chi connectivity index (χ4n) is 2.14. The summed E-state index contributed by atoms with van der Waals surface area (Å²) in [6.45, 7) is 0. The first-order valence-electron chi connectivity index (χ1n) is 7.45. The van der Waals surface area contributed by atoms with Crippen molar-refractivity contribution in [3.63, 3.8) is 0 Å². The minimum atomic E-state index is -0.313. The SMILES string of the molecule is COc1ccc(C(=O)Cc2ccc(Cl)c(Cl)c2)cc1NC(=O)N(C)C. The van der Waals surface area contributed by atoms with Gasteiger partial charge in [0.15, 0.2) is 5.78 Å². The number of anilines is 1. The first kappa shape index (κ1) is 19.1. The molecule has 0 spiro atoms. The zero-order chi connectivity index (χ0) is 18.6. The van der Waals surface area contributed by atoms with E-state index in [-0.39, 0.29) is 18.2 Å². The topological polar surface area (TPSA) is 58.6 Å². The van der Waals surface area contributed by atoms with Crippen molar-refractivity contribution in [1.82, 2.24) is 4.90 Å². The second-order valence-corrected chi connectivity index (χ2v) is 6.40. The van der Waals surface area contributed by atoms with Gasteiger partial charge in [0.1, 0.15) is 5.75 Å². The highest BCUT2D eigenvalue weighted by Gasteiger charge is 2.14. The third-order valence-corrected chi connectivity index (χ3v) is 4.26. The monoisotopic (exact) mass is 380 g/mol. The maximum absolute atomic E-state index is 12.5. The van der Waals surface area contributed by atoms with Crippen LogP contribution in [0.15, 0.2) is 36.4 Å². The van der Waals surface area contributed by atoms with Crippen molar-refractivity contribution >= 4 is 40.7 Å². The molecule has 1 N–H and O–H groups in total. The molecule has 25 heavy (non-hydrogen) atoms. The summed E-state index contributed by atoms with van der Waals surface area (Å²) in [7, 11) is 4.75. The number of benzene rings is 2. The molecule has 0 heterocycles. The summed E-state index contributed by atoms with van der Waals surface area (Å²) >= 11 is 11.9. The van der Waals surface area contributed by atoms with Crippen LogP contribution < -0.4 is 10.1 Å². The van der Waals surface area contributed by atoms with Gasteiger partial charge in [-0.25, -0.2) is 4.79 Å². The number of hydrogen-bond acceptors (Lipinski definition) is 3. The van der Waals surface area contributed by atoms with Crippen LogP contribution in [0.1, 0.15) is 15.9 Å². The fourth-order valence-corrected chi connectivity index (χ4v) is 2.46. The van der Waals surface area contributed by atoms with Gasteiger partial charge in [-0.15, -0.1) is 0 Å². The lowest BCUT2D eigenvalue weighted by Crippen LogP contribution is -2.27. The maximum Gasteiger partial charge on any atom is 0.321 e. The Bertz CT molecular complexity index is 807.